The summed E-state index contributed by atoms with van der Waals surface area (Å²) in [5, 5.41) is 0. The van der Waals surface area contributed by atoms with Crippen LogP contribution >= 0.6 is 0 Å². The molecule has 5 heteroatoms. The van der Waals surface area contributed by atoms with Crippen LogP contribution in [-0.2, 0) is 17.7 Å². The summed E-state index contributed by atoms with van der Waals surface area (Å²) in [4.78, 5) is 6.60. The molecule has 0 saturated carbocycles. The monoisotopic (exact) mass is 224 g/mol. The highest BCUT2D eigenvalue weighted by atomic mass is 16.5. The van der Waals surface area contributed by atoms with Crippen molar-refractivity contribution in [1.82, 2.24) is 14.5 Å². The van der Waals surface area contributed by atoms with E-state index in [2.05, 4.69) is 21.5 Å². The molecule has 0 bridgehead atoms. The molecule has 90 valence electrons. The molecule has 0 amide bonds. The van der Waals surface area contributed by atoms with E-state index in [1.54, 1.807) is 0 Å². The SMILES string of the molecule is CN1CCOC(Cn2ccnc2CCN)C1. The van der Waals surface area contributed by atoms with Crippen molar-refractivity contribution in [3.05, 3.63) is 18.2 Å². The fourth-order valence-corrected chi connectivity index (χ4v) is 2.06. The summed E-state index contributed by atoms with van der Waals surface area (Å²) in [6.07, 6.45) is 4.93. The molecule has 0 radical (unpaired) electrons. The van der Waals surface area contributed by atoms with Gasteiger partial charge in [-0.05, 0) is 13.6 Å². The molecule has 0 spiro atoms. The molecule has 1 aromatic heterocycles. The smallest absolute Gasteiger partial charge is 0.109 e. The normalized spacial score (nSPS) is 22.5. The van der Waals surface area contributed by atoms with Crippen LogP contribution in [0.5, 0.6) is 0 Å². The third-order valence-corrected chi connectivity index (χ3v) is 2.91. The van der Waals surface area contributed by atoms with Gasteiger partial charge in [-0.2, -0.15) is 0 Å². The third kappa shape index (κ3) is 2.81. The van der Waals surface area contributed by atoms with Crippen LogP contribution in [0.25, 0.3) is 0 Å². The zero-order chi connectivity index (χ0) is 11.4. The number of nitrogens with two attached hydrogens (primary N) is 1. The molecule has 5 nitrogen and oxygen atoms in total. The Morgan fingerprint density at radius 2 is 2.50 bits per heavy atom. The molecular weight excluding hydrogens is 204 g/mol. The van der Waals surface area contributed by atoms with Gasteiger partial charge in [0.15, 0.2) is 0 Å². The average molecular weight is 224 g/mol. The van der Waals surface area contributed by atoms with Crippen molar-refractivity contribution in [1.29, 1.82) is 0 Å². The highest BCUT2D eigenvalue weighted by Gasteiger charge is 2.18. The van der Waals surface area contributed by atoms with Gasteiger partial charge < -0.3 is 19.9 Å². The van der Waals surface area contributed by atoms with E-state index in [0.717, 1.165) is 38.5 Å². The fourth-order valence-electron chi connectivity index (χ4n) is 2.06. The lowest BCUT2D eigenvalue weighted by atomic mass is 10.2. The van der Waals surface area contributed by atoms with Gasteiger partial charge in [0, 0.05) is 31.9 Å². The van der Waals surface area contributed by atoms with Crippen LogP contribution in [0.15, 0.2) is 12.4 Å². The van der Waals surface area contributed by atoms with E-state index in [0.29, 0.717) is 6.54 Å². The molecule has 0 aliphatic carbocycles. The zero-order valence-electron chi connectivity index (χ0n) is 9.80. The van der Waals surface area contributed by atoms with Crippen LogP contribution in [0, 0.1) is 0 Å². The minimum atomic E-state index is 0.268. The summed E-state index contributed by atoms with van der Waals surface area (Å²) in [5.41, 5.74) is 5.55. The summed E-state index contributed by atoms with van der Waals surface area (Å²) < 4.78 is 7.88. The van der Waals surface area contributed by atoms with E-state index in [1.807, 2.05) is 12.4 Å². The molecule has 16 heavy (non-hydrogen) atoms. The number of likely N-dealkylation sites (N-methyl/N-ethyl adjacent to an activating group) is 1. The van der Waals surface area contributed by atoms with Crippen molar-refractivity contribution in [2.75, 3.05) is 33.3 Å². The highest BCUT2D eigenvalue weighted by Crippen LogP contribution is 2.08. The largest absolute Gasteiger partial charge is 0.374 e. The summed E-state index contributed by atoms with van der Waals surface area (Å²) in [7, 11) is 2.13. The van der Waals surface area contributed by atoms with Gasteiger partial charge in [0.25, 0.3) is 0 Å². The van der Waals surface area contributed by atoms with Gasteiger partial charge in [0.1, 0.15) is 5.82 Å². The second kappa shape index (κ2) is 5.43. The Balaban J connectivity index is 1.94. The van der Waals surface area contributed by atoms with Gasteiger partial charge in [0.05, 0.1) is 19.3 Å². The second-order valence-corrected chi connectivity index (χ2v) is 4.29. The first-order chi connectivity index (χ1) is 7.79. The molecule has 2 heterocycles. The topological polar surface area (TPSA) is 56.3 Å². The predicted octanol–water partition coefficient (Wildman–Crippen LogP) is -0.285. The number of hydrogen-bond acceptors (Lipinski definition) is 4. The Labute approximate surface area is 96.2 Å². The van der Waals surface area contributed by atoms with Gasteiger partial charge in [-0.25, -0.2) is 4.98 Å². The molecule has 1 atom stereocenters. The van der Waals surface area contributed by atoms with Crippen LogP contribution in [0.3, 0.4) is 0 Å². The van der Waals surface area contributed by atoms with Crippen molar-refractivity contribution in [2.45, 2.75) is 19.1 Å². The number of imidazole rings is 1. The molecule has 1 saturated heterocycles. The minimum Gasteiger partial charge on any atom is -0.374 e. The van der Waals surface area contributed by atoms with E-state index >= 15 is 0 Å². The van der Waals surface area contributed by atoms with Crippen molar-refractivity contribution in [3.63, 3.8) is 0 Å². The molecule has 0 aromatic carbocycles. The van der Waals surface area contributed by atoms with Crippen molar-refractivity contribution in [3.8, 4) is 0 Å². The second-order valence-electron chi connectivity index (χ2n) is 4.29. The molecule has 1 aliphatic heterocycles. The summed E-state index contributed by atoms with van der Waals surface area (Å²) in [6, 6.07) is 0. The van der Waals surface area contributed by atoms with Crippen LogP contribution in [0.4, 0.5) is 0 Å². The molecule has 1 aliphatic rings. The Morgan fingerprint density at radius 1 is 1.62 bits per heavy atom. The van der Waals surface area contributed by atoms with Crippen LogP contribution in [0.2, 0.25) is 0 Å². The maximum atomic E-state index is 5.73. The number of ether oxygens (including phenoxy) is 1. The number of hydrogen-bond donors (Lipinski definition) is 1. The van der Waals surface area contributed by atoms with Gasteiger partial charge in [-0.1, -0.05) is 0 Å². The van der Waals surface area contributed by atoms with E-state index in [-0.39, 0.29) is 6.10 Å². The van der Waals surface area contributed by atoms with E-state index in [1.165, 1.54) is 0 Å². The van der Waals surface area contributed by atoms with Gasteiger partial charge in [0.2, 0.25) is 0 Å². The van der Waals surface area contributed by atoms with Crippen LogP contribution < -0.4 is 5.73 Å². The Bertz CT molecular complexity index is 326. The van der Waals surface area contributed by atoms with Gasteiger partial charge >= 0.3 is 0 Å². The molecule has 2 N–H and O–H groups in total. The van der Waals surface area contributed by atoms with Crippen molar-refractivity contribution >= 4 is 0 Å². The van der Waals surface area contributed by atoms with Crippen molar-refractivity contribution in [2.24, 2.45) is 5.73 Å². The summed E-state index contributed by atoms with van der Waals surface area (Å²) in [5.74, 6) is 1.05. The number of nitrogens with zero attached hydrogens (tertiary/aromatic N) is 3. The Morgan fingerprint density at radius 3 is 3.25 bits per heavy atom. The average Bonchev–Trinajstić information content (AvgIpc) is 2.66. The fraction of sp³-hybridized carbons (Fsp3) is 0.727. The third-order valence-electron chi connectivity index (χ3n) is 2.91. The van der Waals surface area contributed by atoms with Crippen LogP contribution in [-0.4, -0.2) is 53.8 Å². The molecule has 2 rings (SSSR count). The maximum absolute atomic E-state index is 5.73. The van der Waals surface area contributed by atoms with E-state index in [9.17, 15) is 0 Å². The molecule has 1 aromatic rings. The Kier molecular flexibility index (Phi) is 3.93. The zero-order valence-corrected chi connectivity index (χ0v) is 9.80. The Hall–Kier alpha value is -0.910. The van der Waals surface area contributed by atoms with Crippen molar-refractivity contribution < 1.29 is 4.74 Å². The quantitative estimate of drug-likeness (QED) is 0.764. The standard InChI is InChI=1S/C11H20N4O/c1-14-6-7-16-10(8-14)9-15-5-4-13-11(15)2-3-12/h4-5,10H,2-3,6-9,12H2,1H3. The lowest BCUT2D eigenvalue weighted by Crippen LogP contribution is -2.42. The first-order valence-electron chi connectivity index (χ1n) is 5.80. The molecular formula is C11H20N4O. The number of aromatic nitrogens is 2. The lowest BCUT2D eigenvalue weighted by Gasteiger charge is -2.30. The number of morpholine rings is 1. The first-order valence-corrected chi connectivity index (χ1v) is 5.80. The number of rotatable bonds is 4. The predicted molar refractivity (Wildman–Crippen MR) is 62.2 cm³/mol. The first kappa shape index (κ1) is 11.6. The van der Waals surface area contributed by atoms with Gasteiger partial charge in [-0.3, -0.25) is 0 Å². The van der Waals surface area contributed by atoms with Gasteiger partial charge in [-0.15, -0.1) is 0 Å². The summed E-state index contributed by atoms with van der Waals surface area (Å²) in [6.45, 7) is 4.35. The maximum Gasteiger partial charge on any atom is 0.109 e. The summed E-state index contributed by atoms with van der Waals surface area (Å²) >= 11 is 0. The minimum absolute atomic E-state index is 0.268. The highest BCUT2D eigenvalue weighted by molar-refractivity contribution is 4.94. The van der Waals surface area contributed by atoms with E-state index < -0.39 is 0 Å². The lowest BCUT2D eigenvalue weighted by molar-refractivity contribution is -0.0278. The van der Waals surface area contributed by atoms with Crippen LogP contribution in [0.1, 0.15) is 5.82 Å². The molecule has 1 fully saturated rings. The molecule has 1 unspecified atom stereocenters. The van der Waals surface area contributed by atoms with E-state index in [4.69, 9.17) is 10.5 Å².